The summed E-state index contributed by atoms with van der Waals surface area (Å²) in [5.74, 6) is 0. The van der Waals surface area contributed by atoms with E-state index in [-0.39, 0.29) is 11.5 Å². The van der Waals surface area contributed by atoms with E-state index in [1.807, 2.05) is 31.2 Å². The third kappa shape index (κ3) is 2.63. The average molecular weight is 278 g/mol. The Kier molecular flexibility index (Phi) is 2.85. The quantitative estimate of drug-likeness (QED) is 0.636. The van der Waals surface area contributed by atoms with Gasteiger partial charge in [-0.2, -0.15) is 8.42 Å². The average Bonchev–Trinajstić information content (AvgIpc) is 3.15. The molecule has 0 aliphatic carbocycles. The van der Waals surface area contributed by atoms with Crippen LogP contribution in [0.3, 0.4) is 0 Å². The van der Waals surface area contributed by atoms with Crippen molar-refractivity contribution in [2.24, 2.45) is 0 Å². The van der Waals surface area contributed by atoms with Crippen LogP contribution in [0.25, 0.3) is 10.8 Å². The molecule has 19 heavy (non-hydrogen) atoms. The van der Waals surface area contributed by atoms with Gasteiger partial charge in [0.05, 0.1) is 18.1 Å². The van der Waals surface area contributed by atoms with Crippen molar-refractivity contribution in [2.75, 3.05) is 13.2 Å². The van der Waals surface area contributed by atoms with E-state index in [1.165, 1.54) is 0 Å². The number of epoxide rings is 1. The fourth-order valence-electron chi connectivity index (χ4n) is 1.80. The van der Waals surface area contributed by atoms with Crippen molar-refractivity contribution in [3.63, 3.8) is 0 Å². The van der Waals surface area contributed by atoms with Gasteiger partial charge in [0.1, 0.15) is 5.60 Å². The van der Waals surface area contributed by atoms with Crippen molar-refractivity contribution in [1.82, 2.24) is 0 Å². The molecule has 0 radical (unpaired) electrons. The molecule has 1 heterocycles. The Hall–Kier alpha value is -1.43. The Balaban J connectivity index is 1.89. The molecule has 5 heteroatoms. The molecule has 0 aromatic heterocycles. The second-order valence-corrected chi connectivity index (χ2v) is 6.58. The first-order chi connectivity index (χ1) is 8.99. The molecule has 0 unspecified atom stereocenters. The van der Waals surface area contributed by atoms with E-state index in [1.54, 1.807) is 18.2 Å². The normalized spacial score (nSPS) is 22.6. The van der Waals surface area contributed by atoms with Gasteiger partial charge in [-0.3, -0.25) is 4.18 Å². The molecule has 100 valence electrons. The van der Waals surface area contributed by atoms with Crippen LogP contribution in [0.5, 0.6) is 0 Å². The molecule has 0 bridgehead atoms. The van der Waals surface area contributed by atoms with Crippen LogP contribution in [0.2, 0.25) is 0 Å². The molecule has 0 N–H and O–H groups in total. The fraction of sp³-hybridized carbons (Fsp3) is 0.286. The van der Waals surface area contributed by atoms with Gasteiger partial charge in [0.15, 0.2) is 0 Å². The SMILES string of the molecule is C[C@@]1(COS(=O)(=O)c2ccc3ccccc3c2)CO1. The zero-order valence-corrected chi connectivity index (χ0v) is 11.3. The first-order valence-electron chi connectivity index (χ1n) is 6.01. The first-order valence-corrected chi connectivity index (χ1v) is 7.42. The third-order valence-corrected chi connectivity index (χ3v) is 4.43. The Bertz CT molecular complexity index is 717. The maximum absolute atomic E-state index is 12.1. The number of benzene rings is 2. The van der Waals surface area contributed by atoms with Crippen molar-refractivity contribution >= 4 is 20.9 Å². The van der Waals surface area contributed by atoms with Crippen LogP contribution in [0.4, 0.5) is 0 Å². The molecule has 2 aromatic carbocycles. The number of rotatable bonds is 4. The molecule has 0 spiro atoms. The molecule has 3 rings (SSSR count). The molecule has 1 atom stereocenters. The largest absolute Gasteiger partial charge is 0.367 e. The first kappa shape index (κ1) is 12.6. The zero-order valence-electron chi connectivity index (χ0n) is 10.5. The van der Waals surface area contributed by atoms with E-state index in [4.69, 9.17) is 8.92 Å². The van der Waals surface area contributed by atoms with E-state index in [2.05, 4.69) is 0 Å². The van der Waals surface area contributed by atoms with Gasteiger partial charge >= 0.3 is 0 Å². The second-order valence-electron chi connectivity index (χ2n) is 4.96. The second kappa shape index (κ2) is 4.30. The predicted octanol–water partition coefficient (Wildman–Crippen LogP) is 2.33. The zero-order chi connectivity index (χ0) is 13.5. The molecular weight excluding hydrogens is 264 g/mol. The monoisotopic (exact) mass is 278 g/mol. The van der Waals surface area contributed by atoms with Crippen LogP contribution in [0.15, 0.2) is 47.4 Å². The summed E-state index contributed by atoms with van der Waals surface area (Å²) in [5, 5.41) is 1.87. The summed E-state index contributed by atoms with van der Waals surface area (Å²) in [5.41, 5.74) is -0.441. The third-order valence-electron chi connectivity index (χ3n) is 3.17. The molecule has 1 aliphatic rings. The summed E-state index contributed by atoms with van der Waals surface area (Å²) in [6, 6.07) is 12.6. The van der Waals surface area contributed by atoms with Gasteiger partial charge in [-0.1, -0.05) is 30.3 Å². The van der Waals surface area contributed by atoms with E-state index < -0.39 is 15.7 Å². The molecular formula is C14H14O4S. The number of fused-ring (bicyclic) bond motifs is 1. The minimum absolute atomic E-state index is 0.0577. The lowest BCUT2D eigenvalue weighted by molar-refractivity contribution is 0.207. The van der Waals surface area contributed by atoms with Crippen molar-refractivity contribution in [1.29, 1.82) is 0 Å². The molecule has 1 fully saturated rings. The van der Waals surface area contributed by atoms with E-state index in [0.717, 1.165) is 10.8 Å². The van der Waals surface area contributed by atoms with Crippen LogP contribution >= 0.6 is 0 Å². The van der Waals surface area contributed by atoms with Crippen molar-refractivity contribution in [3.05, 3.63) is 42.5 Å². The number of hydrogen-bond donors (Lipinski definition) is 0. The number of hydrogen-bond acceptors (Lipinski definition) is 4. The highest BCUT2D eigenvalue weighted by Crippen LogP contribution is 2.28. The summed E-state index contributed by atoms with van der Waals surface area (Å²) in [6.07, 6.45) is 0. The molecule has 4 nitrogen and oxygen atoms in total. The maximum Gasteiger partial charge on any atom is 0.297 e. The van der Waals surface area contributed by atoms with Crippen LogP contribution in [0, 0.1) is 0 Å². The lowest BCUT2D eigenvalue weighted by Crippen LogP contribution is -2.18. The van der Waals surface area contributed by atoms with Crippen LogP contribution < -0.4 is 0 Å². The summed E-state index contributed by atoms with van der Waals surface area (Å²) >= 11 is 0. The van der Waals surface area contributed by atoms with Crippen LogP contribution in [0.1, 0.15) is 6.92 Å². The minimum atomic E-state index is -3.72. The molecule has 0 amide bonds. The molecule has 2 aromatic rings. The topological polar surface area (TPSA) is 55.9 Å². The standard InChI is InChI=1S/C14H14O4S/c1-14(9-17-14)10-18-19(15,16)13-7-6-11-4-2-3-5-12(11)8-13/h2-8H,9-10H2,1H3/t14-/m0/s1. The van der Waals surface area contributed by atoms with Gasteiger partial charge in [0.25, 0.3) is 10.1 Å². The van der Waals surface area contributed by atoms with Gasteiger partial charge in [0, 0.05) is 0 Å². The van der Waals surface area contributed by atoms with Gasteiger partial charge in [-0.15, -0.1) is 0 Å². The summed E-state index contributed by atoms with van der Waals surface area (Å²) in [7, 11) is -3.72. The highest BCUT2D eigenvalue weighted by Gasteiger charge is 2.41. The van der Waals surface area contributed by atoms with Gasteiger partial charge in [0.2, 0.25) is 0 Å². The van der Waals surface area contributed by atoms with E-state index in [0.29, 0.717) is 6.61 Å². The lowest BCUT2D eigenvalue weighted by atomic mass is 10.1. The van der Waals surface area contributed by atoms with Crippen LogP contribution in [-0.4, -0.2) is 27.2 Å². The molecule has 1 aliphatic heterocycles. The van der Waals surface area contributed by atoms with Gasteiger partial charge in [-0.05, 0) is 29.8 Å². The minimum Gasteiger partial charge on any atom is -0.367 e. The van der Waals surface area contributed by atoms with E-state index in [9.17, 15) is 8.42 Å². The summed E-state index contributed by atoms with van der Waals surface area (Å²) in [4.78, 5) is 0.176. The van der Waals surface area contributed by atoms with Crippen molar-refractivity contribution in [3.8, 4) is 0 Å². The van der Waals surface area contributed by atoms with Crippen molar-refractivity contribution in [2.45, 2.75) is 17.4 Å². The fourth-order valence-corrected chi connectivity index (χ4v) is 2.85. The Morgan fingerprint density at radius 2 is 1.89 bits per heavy atom. The Labute approximate surface area is 112 Å². The maximum atomic E-state index is 12.1. The Morgan fingerprint density at radius 1 is 1.21 bits per heavy atom. The number of ether oxygens (including phenoxy) is 1. The molecule has 1 saturated heterocycles. The van der Waals surface area contributed by atoms with Gasteiger partial charge < -0.3 is 4.74 Å². The highest BCUT2D eigenvalue weighted by molar-refractivity contribution is 7.86. The van der Waals surface area contributed by atoms with E-state index >= 15 is 0 Å². The Morgan fingerprint density at radius 3 is 2.58 bits per heavy atom. The highest BCUT2D eigenvalue weighted by atomic mass is 32.2. The summed E-state index contributed by atoms with van der Waals surface area (Å²) < 4.78 is 34.3. The van der Waals surface area contributed by atoms with Crippen LogP contribution in [-0.2, 0) is 19.0 Å². The van der Waals surface area contributed by atoms with Crippen molar-refractivity contribution < 1.29 is 17.3 Å². The summed E-state index contributed by atoms with van der Waals surface area (Å²) in [6.45, 7) is 2.42. The predicted molar refractivity (Wildman–Crippen MR) is 71.4 cm³/mol. The lowest BCUT2D eigenvalue weighted by Gasteiger charge is -2.08. The smallest absolute Gasteiger partial charge is 0.297 e. The molecule has 0 saturated carbocycles. The van der Waals surface area contributed by atoms with Gasteiger partial charge in [-0.25, -0.2) is 0 Å².